The number of nitrogens with zero attached hydrogens (tertiary/aromatic N) is 1. The van der Waals surface area contributed by atoms with E-state index in [0.717, 1.165) is 0 Å². The van der Waals surface area contributed by atoms with Gasteiger partial charge in [-0.1, -0.05) is 23.2 Å². The highest BCUT2D eigenvalue weighted by Gasteiger charge is 2.33. The highest BCUT2D eigenvalue weighted by Crippen LogP contribution is 2.26. The molecule has 1 atom stereocenters. The van der Waals surface area contributed by atoms with Crippen LogP contribution in [-0.2, 0) is 9.59 Å². The Kier molecular flexibility index (Phi) is 3.78. The molecule has 18 heavy (non-hydrogen) atoms. The molecule has 1 heterocycles. The van der Waals surface area contributed by atoms with Gasteiger partial charge in [0.05, 0.1) is 10.0 Å². The van der Waals surface area contributed by atoms with Crippen molar-refractivity contribution in [3.63, 3.8) is 0 Å². The summed E-state index contributed by atoms with van der Waals surface area (Å²) in [7, 11) is 1.63. The van der Waals surface area contributed by atoms with Crippen LogP contribution in [0, 0.1) is 0 Å². The van der Waals surface area contributed by atoms with Crippen LogP contribution in [0.25, 0.3) is 0 Å². The number of carbonyl (C=O) groups is 2. The van der Waals surface area contributed by atoms with Crippen molar-refractivity contribution in [2.45, 2.75) is 18.9 Å². The van der Waals surface area contributed by atoms with Gasteiger partial charge in [-0.25, -0.2) is 0 Å². The highest BCUT2D eigenvalue weighted by molar-refractivity contribution is 6.42. The molecule has 0 bridgehead atoms. The Balaban J connectivity index is 2.07. The molecule has 4 nitrogen and oxygen atoms in total. The number of nitrogens with one attached hydrogen (secondary N) is 1. The number of anilines is 1. The number of hydrogen-bond donors (Lipinski definition) is 1. The van der Waals surface area contributed by atoms with Crippen molar-refractivity contribution < 1.29 is 9.59 Å². The number of halogens is 2. The third-order valence-corrected chi connectivity index (χ3v) is 3.72. The third kappa shape index (κ3) is 2.60. The molecule has 96 valence electrons. The number of carbonyl (C=O) groups excluding carboxylic acids is 2. The molecule has 1 saturated heterocycles. The molecule has 1 fully saturated rings. The van der Waals surface area contributed by atoms with Gasteiger partial charge in [0.2, 0.25) is 11.8 Å². The predicted octanol–water partition coefficient (Wildman–Crippen LogP) is 2.55. The van der Waals surface area contributed by atoms with E-state index in [1.807, 2.05) is 0 Å². The van der Waals surface area contributed by atoms with Crippen LogP contribution in [0.1, 0.15) is 12.8 Å². The van der Waals surface area contributed by atoms with Gasteiger partial charge in [-0.2, -0.15) is 0 Å². The number of benzene rings is 1. The Hall–Kier alpha value is -1.26. The molecule has 6 heteroatoms. The SMILES string of the molecule is CN1C(=O)CCC1C(=O)Nc1ccc(Cl)c(Cl)c1. The summed E-state index contributed by atoms with van der Waals surface area (Å²) in [6.45, 7) is 0. The number of hydrogen-bond acceptors (Lipinski definition) is 2. The number of likely N-dealkylation sites (tertiary alicyclic amines) is 1. The molecule has 0 radical (unpaired) electrons. The lowest BCUT2D eigenvalue weighted by atomic mass is 10.2. The van der Waals surface area contributed by atoms with Crippen molar-refractivity contribution in [3.8, 4) is 0 Å². The van der Waals surface area contributed by atoms with E-state index >= 15 is 0 Å². The third-order valence-electron chi connectivity index (χ3n) is 2.98. The molecule has 0 spiro atoms. The second-order valence-electron chi connectivity index (χ2n) is 4.18. The molecule has 1 aromatic rings. The minimum atomic E-state index is -0.410. The van der Waals surface area contributed by atoms with Crippen LogP contribution in [0.2, 0.25) is 10.0 Å². The second-order valence-corrected chi connectivity index (χ2v) is 4.99. The van der Waals surface area contributed by atoms with E-state index < -0.39 is 6.04 Å². The molecule has 0 aromatic heterocycles. The first kappa shape index (κ1) is 13.2. The van der Waals surface area contributed by atoms with E-state index in [-0.39, 0.29) is 11.8 Å². The largest absolute Gasteiger partial charge is 0.334 e. The molecule has 1 aliphatic rings. The first-order valence-electron chi connectivity index (χ1n) is 5.50. The zero-order chi connectivity index (χ0) is 13.3. The molecule has 0 saturated carbocycles. The summed E-state index contributed by atoms with van der Waals surface area (Å²) < 4.78 is 0. The average Bonchev–Trinajstić information content (AvgIpc) is 2.65. The van der Waals surface area contributed by atoms with Crippen molar-refractivity contribution in [2.24, 2.45) is 0 Å². The van der Waals surface area contributed by atoms with Gasteiger partial charge in [0.15, 0.2) is 0 Å². The number of rotatable bonds is 2. The van der Waals surface area contributed by atoms with Gasteiger partial charge in [-0.15, -0.1) is 0 Å². The Bertz CT molecular complexity index is 505. The lowest BCUT2D eigenvalue weighted by Gasteiger charge is -2.19. The highest BCUT2D eigenvalue weighted by atomic mass is 35.5. The first-order chi connectivity index (χ1) is 8.49. The van der Waals surface area contributed by atoms with Crippen LogP contribution < -0.4 is 5.32 Å². The summed E-state index contributed by atoms with van der Waals surface area (Å²) in [5.74, 6) is -0.217. The van der Waals surface area contributed by atoms with E-state index in [2.05, 4.69) is 5.32 Å². The van der Waals surface area contributed by atoms with E-state index in [9.17, 15) is 9.59 Å². The van der Waals surface area contributed by atoms with Gasteiger partial charge >= 0.3 is 0 Å². The molecule has 1 N–H and O–H groups in total. The average molecular weight is 287 g/mol. The molecular formula is C12H12Cl2N2O2. The van der Waals surface area contributed by atoms with Gasteiger partial charge in [0.25, 0.3) is 0 Å². The quantitative estimate of drug-likeness (QED) is 0.908. The Morgan fingerprint density at radius 3 is 2.67 bits per heavy atom. The zero-order valence-corrected chi connectivity index (χ0v) is 11.3. The summed E-state index contributed by atoms with van der Waals surface area (Å²) >= 11 is 11.7. The van der Waals surface area contributed by atoms with Crippen LogP contribution >= 0.6 is 23.2 Å². The summed E-state index contributed by atoms with van der Waals surface area (Å²) in [5.41, 5.74) is 0.571. The standard InChI is InChI=1S/C12H12Cl2N2O2/c1-16-10(4-5-11(16)17)12(18)15-7-2-3-8(13)9(14)6-7/h2-3,6,10H,4-5H2,1H3,(H,15,18). The maximum absolute atomic E-state index is 12.0. The lowest BCUT2D eigenvalue weighted by Crippen LogP contribution is -2.38. The van der Waals surface area contributed by atoms with E-state index in [4.69, 9.17) is 23.2 Å². The van der Waals surface area contributed by atoms with Crippen LogP contribution in [0.3, 0.4) is 0 Å². The van der Waals surface area contributed by atoms with Crippen LogP contribution in [0.5, 0.6) is 0 Å². The first-order valence-corrected chi connectivity index (χ1v) is 6.26. The molecule has 0 aliphatic carbocycles. The molecular weight excluding hydrogens is 275 g/mol. The second kappa shape index (κ2) is 5.16. The minimum absolute atomic E-state index is 0.00992. The van der Waals surface area contributed by atoms with E-state index in [0.29, 0.717) is 28.6 Å². The van der Waals surface area contributed by atoms with Crippen LogP contribution in [0.15, 0.2) is 18.2 Å². The van der Waals surface area contributed by atoms with E-state index in [1.54, 1.807) is 25.2 Å². The van der Waals surface area contributed by atoms with Gasteiger partial charge in [-0.3, -0.25) is 9.59 Å². The Morgan fingerprint density at radius 2 is 2.11 bits per heavy atom. The topological polar surface area (TPSA) is 49.4 Å². The molecule has 1 aliphatic heterocycles. The zero-order valence-electron chi connectivity index (χ0n) is 9.74. The lowest BCUT2D eigenvalue weighted by molar-refractivity contribution is -0.131. The van der Waals surface area contributed by atoms with Crippen molar-refractivity contribution in [1.29, 1.82) is 0 Å². The monoisotopic (exact) mass is 286 g/mol. The summed E-state index contributed by atoms with van der Waals surface area (Å²) in [6.07, 6.45) is 0.957. The Morgan fingerprint density at radius 1 is 1.39 bits per heavy atom. The van der Waals surface area contributed by atoms with Crippen LogP contribution in [-0.4, -0.2) is 29.8 Å². The molecule has 1 aromatic carbocycles. The smallest absolute Gasteiger partial charge is 0.247 e. The van der Waals surface area contributed by atoms with E-state index in [1.165, 1.54) is 4.90 Å². The van der Waals surface area contributed by atoms with Crippen molar-refractivity contribution in [3.05, 3.63) is 28.2 Å². The normalized spacial score (nSPS) is 19.2. The van der Waals surface area contributed by atoms with Crippen molar-refractivity contribution >= 4 is 40.7 Å². The number of amides is 2. The summed E-state index contributed by atoms with van der Waals surface area (Å²) in [6, 6.07) is 4.46. The maximum atomic E-state index is 12.0. The fourth-order valence-electron chi connectivity index (χ4n) is 1.91. The predicted molar refractivity (Wildman–Crippen MR) is 70.9 cm³/mol. The fourth-order valence-corrected chi connectivity index (χ4v) is 2.21. The molecule has 2 rings (SSSR count). The minimum Gasteiger partial charge on any atom is -0.334 e. The van der Waals surface area contributed by atoms with Gasteiger partial charge < -0.3 is 10.2 Å². The summed E-state index contributed by atoms with van der Waals surface area (Å²) in [4.78, 5) is 24.8. The van der Waals surface area contributed by atoms with Crippen molar-refractivity contribution in [2.75, 3.05) is 12.4 Å². The van der Waals surface area contributed by atoms with Crippen molar-refractivity contribution in [1.82, 2.24) is 4.90 Å². The van der Waals surface area contributed by atoms with Gasteiger partial charge in [0, 0.05) is 19.2 Å². The van der Waals surface area contributed by atoms with Gasteiger partial charge in [0.1, 0.15) is 6.04 Å². The van der Waals surface area contributed by atoms with Crippen LogP contribution in [0.4, 0.5) is 5.69 Å². The number of likely N-dealkylation sites (N-methyl/N-ethyl adjacent to an activating group) is 1. The summed E-state index contributed by atoms with van der Waals surface area (Å²) in [5, 5.41) is 3.54. The maximum Gasteiger partial charge on any atom is 0.247 e. The van der Waals surface area contributed by atoms with Gasteiger partial charge in [-0.05, 0) is 24.6 Å². The fraction of sp³-hybridized carbons (Fsp3) is 0.333. The molecule has 2 amide bonds. The molecule has 1 unspecified atom stereocenters. The Labute approximate surface area is 115 Å².